The Kier molecular flexibility index (Phi) is 4.84. The lowest BCUT2D eigenvalue weighted by Crippen LogP contribution is -2.07. The summed E-state index contributed by atoms with van der Waals surface area (Å²) in [4.78, 5) is 22.2. The summed E-state index contributed by atoms with van der Waals surface area (Å²) in [5.74, 6) is -0.355. The summed E-state index contributed by atoms with van der Waals surface area (Å²) < 4.78 is 0.850. The number of carbonyl (C=O) groups excluding carboxylic acids is 1. The summed E-state index contributed by atoms with van der Waals surface area (Å²) in [6.07, 6.45) is 2.69. The molecule has 1 amide bonds. The molecule has 0 fully saturated rings. The lowest BCUT2D eigenvalue weighted by Gasteiger charge is -2.02. The monoisotopic (exact) mass is 346 g/mol. The highest BCUT2D eigenvalue weighted by molar-refractivity contribution is 9.10. The standard InChI is InChI=1S/C15H11BrN2O3/c16-12-5-3-6-13(10-12)17-15(19)9-8-11-4-1-2-7-14(11)18(20)21/h1-10H,(H,17,19). The molecule has 0 aliphatic rings. The Hall–Kier alpha value is -2.47. The minimum absolute atomic E-state index is 0.0380. The van der Waals surface area contributed by atoms with Gasteiger partial charge in [-0.05, 0) is 30.3 Å². The molecule has 21 heavy (non-hydrogen) atoms. The van der Waals surface area contributed by atoms with Gasteiger partial charge in [0, 0.05) is 22.3 Å². The average Bonchev–Trinajstić information content (AvgIpc) is 2.45. The van der Waals surface area contributed by atoms with E-state index in [2.05, 4.69) is 21.2 Å². The molecule has 5 nitrogen and oxygen atoms in total. The van der Waals surface area contributed by atoms with E-state index in [0.29, 0.717) is 11.3 Å². The molecule has 0 atom stereocenters. The Bertz CT molecular complexity index is 714. The van der Waals surface area contributed by atoms with Gasteiger partial charge in [-0.25, -0.2) is 0 Å². The number of hydrogen-bond acceptors (Lipinski definition) is 3. The lowest BCUT2D eigenvalue weighted by molar-refractivity contribution is -0.385. The van der Waals surface area contributed by atoms with E-state index in [1.807, 2.05) is 6.07 Å². The molecule has 0 radical (unpaired) electrons. The molecule has 0 heterocycles. The van der Waals surface area contributed by atoms with Gasteiger partial charge in [0.2, 0.25) is 5.91 Å². The maximum absolute atomic E-state index is 11.8. The number of para-hydroxylation sites is 1. The second kappa shape index (κ2) is 6.81. The molecule has 2 rings (SSSR count). The van der Waals surface area contributed by atoms with Gasteiger partial charge in [-0.1, -0.05) is 34.1 Å². The minimum Gasteiger partial charge on any atom is -0.322 e. The summed E-state index contributed by atoms with van der Waals surface area (Å²) in [5, 5.41) is 13.5. The highest BCUT2D eigenvalue weighted by atomic mass is 79.9. The Morgan fingerprint density at radius 2 is 1.95 bits per heavy atom. The maximum atomic E-state index is 11.8. The van der Waals surface area contributed by atoms with Crippen molar-refractivity contribution in [1.29, 1.82) is 0 Å². The number of nitrogens with one attached hydrogen (secondary N) is 1. The van der Waals surface area contributed by atoms with Crippen LogP contribution in [-0.4, -0.2) is 10.8 Å². The molecule has 2 aromatic rings. The van der Waals surface area contributed by atoms with Gasteiger partial charge in [-0.3, -0.25) is 14.9 Å². The Morgan fingerprint density at radius 1 is 1.19 bits per heavy atom. The van der Waals surface area contributed by atoms with Crippen molar-refractivity contribution in [1.82, 2.24) is 0 Å². The smallest absolute Gasteiger partial charge is 0.276 e. The number of amides is 1. The van der Waals surface area contributed by atoms with Gasteiger partial charge >= 0.3 is 0 Å². The third-order valence-corrected chi connectivity index (χ3v) is 3.13. The molecule has 0 aromatic heterocycles. The zero-order chi connectivity index (χ0) is 15.2. The molecule has 1 N–H and O–H groups in total. The molecule has 6 heteroatoms. The van der Waals surface area contributed by atoms with Crippen molar-refractivity contribution in [3.8, 4) is 0 Å². The van der Waals surface area contributed by atoms with E-state index >= 15 is 0 Å². The third-order valence-electron chi connectivity index (χ3n) is 2.64. The number of carbonyl (C=O) groups is 1. The van der Waals surface area contributed by atoms with Crippen LogP contribution in [0.25, 0.3) is 6.08 Å². The molecule has 0 saturated carbocycles. The number of nitro groups is 1. The van der Waals surface area contributed by atoms with Gasteiger partial charge in [0.05, 0.1) is 10.5 Å². The van der Waals surface area contributed by atoms with Gasteiger partial charge in [0.15, 0.2) is 0 Å². The molecule has 0 saturated heterocycles. The maximum Gasteiger partial charge on any atom is 0.276 e. The predicted octanol–water partition coefficient (Wildman–Crippen LogP) is 4.01. The fraction of sp³-hybridized carbons (Fsp3) is 0. The molecule has 106 valence electrons. The van der Waals surface area contributed by atoms with Crippen LogP contribution in [0.15, 0.2) is 59.1 Å². The van der Waals surface area contributed by atoms with E-state index in [0.717, 1.165) is 4.47 Å². The molecule has 0 spiro atoms. The zero-order valence-corrected chi connectivity index (χ0v) is 12.4. The van der Waals surface area contributed by atoms with Crippen LogP contribution in [0.2, 0.25) is 0 Å². The predicted molar refractivity (Wildman–Crippen MR) is 84.9 cm³/mol. The van der Waals surface area contributed by atoms with Crippen LogP contribution < -0.4 is 5.32 Å². The minimum atomic E-state index is -0.480. The van der Waals surface area contributed by atoms with E-state index < -0.39 is 4.92 Å². The topological polar surface area (TPSA) is 72.2 Å². The van der Waals surface area contributed by atoms with E-state index in [1.165, 1.54) is 18.2 Å². The molecular weight excluding hydrogens is 336 g/mol. The molecule has 0 unspecified atom stereocenters. The largest absolute Gasteiger partial charge is 0.322 e. The second-order valence-electron chi connectivity index (χ2n) is 4.15. The lowest BCUT2D eigenvalue weighted by atomic mass is 10.1. The summed E-state index contributed by atoms with van der Waals surface area (Å²) >= 11 is 3.31. The van der Waals surface area contributed by atoms with Crippen LogP contribution in [0, 0.1) is 10.1 Å². The first kappa shape index (κ1) is 14.9. The van der Waals surface area contributed by atoms with Crippen LogP contribution in [0.1, 0.15) is 5.56 Å². The van der Waals surface area contributed by atoms with E-state index in [-0.39, 0.29) is 11.6 Å². The van der Waals surface area contributed by atoms with Crippen molar-refractivity contribution in [3.63, 3.8) is 0 Å². The van der Waals surface area contributed by atoms with E-state index in [4.69, 9.17) is 0 Å². The van der Waals surface area contributed by atoms with Crippen molar-refractivity contribution < 1.29 is 9.72 Å². The first-order valence-electron chi connectivity index (χ1n) is 6.04. The second-order valence-corrected chi connectivity index (χ2v) is 5.06. The van der Waals surface area contributed by atoms with Crippen LogP contribution in [0.3, 0.4) is 0 Å². The fourth-order valence-corrected chi connectivity index (χ4v) is 2.11. The quantitative estimate of drug-likeness (QED) is 0.516. The summed E-state index contributed by atoms with van der Waals surface area (Å²) in [7, 11) is 0. The van der Waals surface area contributed by atoms with Crippen molar-refractivity contribution in [2.45, 2.75) is 0 Å². The third kappa shape index (κ3) is 4.25. The number of hydrogen-bond donors (Lipinski definition) is 1. The van der Waals surface area contributed by atoms with Gasteiger partial charge in [0.1, 0.15) is 0 Å². The van der Waals surface area contributed by atoms with E-state index in [1.54, 1.807) is 36.4 Å². The molecular formula is C15H11BrN2O3. The number of benzene rings is 2. The van der Waals surface area contributed by atoms with Crippen molar-refractivity contribution >= 4 is 39.3 Å². The van der Waals surface area contributed by atoms with Crippen molar-refractivity contribution in [3.05, 3.63) is 74.8 Å². The summed E-state index contributed by atoms with van der Waals surface area (Å²) in [5.41, 5.74) is 0.984. The van der Waals surface area contributed by atoms with Crippen LogP contribution in [-0.2, 0) is 4.79 Å². The first-order chi connectivity index (χ1) is 10.1. The van der Waals surface area contributed by atoms with Crippen molar-refractivity contribution in [2.75, 3.05) is 5.32 Å². The van der Waals surface area contributed by atoms with Crippen LogP contribution >= 0.6 is 15.9 Å². The van der Waals surface area contributed by atoms with Gasteiger partial charge < -0.3 is 5.32 Å². The van der Waals surface area contributed by atoms with Gasteiger partial charge in [-0.2, -0.15) is 0 Å². The Morgan fingerprint density at radius 3 is 2.67 bits per heavy atom. The Labute approximate surface area is 129 Å². The normalized spacial score (nSPS) is 10.5. The van der Waals surface area contributed by atoms with E-state index in [9.17, 15) is 14.9 Å². The Balaban J connectivity index is 2.11. The summed E-state index contributed by atoms with van der Waals surface area (Å²) in [6.45, 7) is 0. The first-order valence-corrected chi connectivity index (χ1v) is 6.83. The molecule has 0 bridgehead atoms. The van der Waals surface area contributed by atoms with Gasteiger partial charge in [0.25, 0.3) is 5.69 Å². The number of rotatable bonds is 4. The molecule has 0 aliphatic carbocycles. The summed E-state index contributed by atoms with van der Waals surface area (Å²) in [6, 6.07) is 13.4. The number of nitrogens with zero attached hydrogens (tertiary/aromatic N) is 1. The number of nitro benzene ring substituents is 1. The molecule has 0 aliphatic heterocycles. The zero-order valence-electron chi connectivity index (χ0n) is 10.8. The number of anilines is 1. The van der Waals surface area contributed by atoms with Crippen LogP contribution in [0.4, 0.5) is 11.4 Å². The highest BCUT2D eigenvalue weighted by Gasteiger charge is 2.09. The molecule has 2 aromatic carbocycles. The van der Waals surface area contributed by atoms with Crippen LogP contribution in [0.5, 0.6) is 0 Å². The van der Waals surface area contributed by atoms with Gasteiger partial charge in [-0.15, -0.1) is 0 Å². The number of halogens is 1. The highest BCUT2D eigenvalue weighted by Crippen LogP contribution is 2.19. The SMILES string of the molecule is O=C(C=Cc1ccccc1[N+](=O)[O-])Nc1cccc(Br)c1. The average molecular weight is 347 g/mol. The van der Waals surface area contributed by atoms with Crippen molar-refractivity contribution in [2.24, 2.45) is 0 Å². The fourth-order valence-electron chi connectivity index (χ4n) is 1.71.